The molecule has 0 bridgehead atoms. The molecule has 1 atom stereocenters. The van der Waals surface area contributed by atoms with Gasteiger partial charge in [-0.25, -0.2) is 26.3 Å². The van der Waals surface area contributed by atoms with Gasteiger partial charge in [-0.1, -0.05) is 0 Å². The Morgan fingerprint density at radius 3 is 2.15 bits per heavy atom. The molecule has 0 amide bonds. The molecule has 0 N–H and O–H groups in total. The van der Waals surface area contributed by atoms with Crippen LogP contribution < -0.4 is 0 Å². The van der Waals surface area contributed by atoms with Gasteiger partial charge in [0.25, 0.3) is 0 Å². The molecule has 8 heteroatoms. The van der Waals surface area contributed by atoms with Crippen molar-refractivity contribution in [1.29, 1.82) is 0 Å². The van der Waals surface area contributed by atoms with Gasteiger partial charge in [-0.05, 0) is 12.1 Å². The predicted octanol–water partition coefficient (Wildman–Crippen LogP) is 4.62. The van der Waals surface area contributed by atoms with Crippen molar-refractivity contribution < 1.29 is 35.1 Å². The number of halogens is 8. The standard InChI is InChI=1S/C12H4F8/c13-4-1-5(10(17)6(14)2-4)9-11(18)7(15)3-8(16)12(9,19)20/h1-3,8H. The van der Waals surface area contributed by atoms with Gasteiger partial charge < -0.3 is 0 Å². The van der Waals surface area contributed by atoms with Gasteiger partial charge in [-0.3, -0.25) is 0 Å². The fraction of sp³-hybridized carbons (Fsp3) is 0.167. The molecule has 0 aliphatic heterocycles. The molecule has 1 aromatic rings. The van der Waals surface area contributed by atoms with E-state index >= 15 is 0 Å². The van der Waals surface area contributed by atoms with Crippen LogP contribution in [0.1, 0.15) is 5.56 Å². The van der Waals surface area contributed by atoms with Crippen molar-refractivity contribution in [2.75, 3.05) is 0 Å². The highest BCUT2D eigenvalue weighted by molar-refractivity contribution is 5.77. The molecule has 1 aromatic carbocycles. The molecule has 0 fully saturated rings. The van der Waals surface area contributed by atoms with Gasteiger partial charge >= 0.3 is 5.92 Å². The summed E-state index contributed by atoms with van der Waals surface area (Å²) in [5.74, 6) is -14.4. The first kappa shape index (κ1) is 14.5. The predicted molar refractivity (Wildman–Crippen MR) is 53.4 cm³/mol. The fourth-order valence-corrected chi connectivity index (χ4v) is 1.75. The van der Waals surface area contributed by atoms with E-state index in [0.717, 1.165) is 0 Å². The Morgan fingerprint density at radius 2 is 1.55 bits per heavy atom. The third kappa shape index (κ3) is 2.08. The minimum Gasteiger partial charge on any atom is -0.236 e. The van der Waals surface area contributed by atoms with Crippen molar-refractivity contribution in [3.63, 3.8) is 0 Å². The van der Waals surface area contributed by atoms with Gasteiger partial charge in [0, 0.05) is 11.6 Å². The summed E-state index contributed by atoms with van der Waals surface area (Å²) in [5.41, 5.74) is -3.64. The summed E-state index contributed by atoms with van der Waals surface area (Å²) in [6.45, 7) is 0. The van der Waals surface area contributed by atoms with Crippen LogP contribution in [-0.4, -0.2) is 12.1 Å². The van der Waals surface area contributed by atoms with Crippen LogP contribution in [0, 0.1) is 17.5 Å². The molecular weight excluding hydrogens is 296 g/mol. The van der Waals surface area contributed by atoms with E-state index in [1.54, 1.807) is 0 Å². The maximum Gasteiger partial charge on any atom is 0.311 e. The van der Waals surface area contributed by atoms with Crippen molar-refractivity contribution in [3.8, 4) is 0 Å². The van der Waals surface area contributed by atoms with Gasteiger partial charge in [0.15, 0.2) is 29.5 Å². The van der Waals surface area contributed by atoms with Crippen LogP contribution in [0.2, 0.25) is 0 Å². The molecule has 0 heterocycles. The average molecular weight is 300 g/mol. The van der Waals surface area contributed by atoms with Crippen LogP contribution in [0.25, 0.3) is 5.57 Å². The molecule has 0 spiro atoms. The van der Waals surface area contributed by atoms with E-state index in [1.807, 2.05) is 0 Å². The number of hydrogen-bond acceptors (Lipinski definition) is 0. The lowest BCUT2D eigenvalue weighted by molar-refractivity contribution is -0.000777. The normalized spacial score (nSPS) is 22.0. The molecule has 1 unspecified atom stereocenters. The van der Waals surface area contributed by atoms with Gasteiger partial charge in [-0.2, -0.15) is 8.78 Å². The number of benzene rings is 1. The third-order valence-electron chi connectivity index (χ3n) is 2.66. The quantitative estimate of drug-likeness (QED) is 0.524. The monoisotopic (exact) mass is 300 g/mol. The third-order valence-corrected chi connectivity index (χ3v) is 2.66. The Labute approximate surface area is 107 Å². The Bertz CT molecular complexity index is 629. The van der Waals surface area contributed by atoms with Gasteiger partial charge in [0.05, 0.1) is 5.57 Å². The molecule has 108 valence electrons. The fourth-order valence-electron chi connectivity index (χ4n) is 1.75. The van der Waals surface area contributed by atoms with Crippen molar-refractivity contribution >= 4 is 5.57 Å². The molecule has 0 radical (unpaired) electrons. The Kier molecular flexibility index (Phi) is 3.35. The van der Waals surface area contributed by atoms with Crippen LogP contribution in [0.5, 0.6) is 0 Å². The summed E-state index contributed by atoms with van der Waals surface area (Å²) in [5, 5.41) is 0. The SMILES string of the molecule is FC1=CC(F)C(F)(F)C(c2cc(F)cc(F)c2F)=C1F. The minimum absolute atomic E-state index is 0.0252. The number of rotatable bonds is 1. The van der Waals surface area contributed by atoms with Crippen LogP contribution in [0.3, 0.4) is 0 Å². The zero-order valence-electron chi connectivity index (χ0n) is 9.33. The zero-order valence-corrected chi connectivity index (χ0v) is 9.33. The van der Waals surface area contributed by atoms with E-state index in [2.05, 4.69) is 0 Å². The van der Waals surface area contributed by atoms with Crippen molar-refractivity contribution in [2.24, 2.45) is 0 Å². The van der Waals surface area contributed by atoms with E-state index in [4.69, 9.17) is 0 Å². The van der Waals surface area contributed by atoms with Gasteiger partial charge in [-0.15, -0.1) is 0 Å². The first-order valence-electron chi connectivity index (χ1n) is 5.11. The van der Waals surface area contributed by atoms with Crippen LogP contribution in [-0.2, 0) is 0 Å². The summed E-state index contributed by atoms with van der Waals surface area (Å²) in [4.78, 5) is 0. The highest BCUT2D eigenvalue weighted by atomic mass is 19.3. The summed E-state index contributed by atoms with van der Waals surface area (Å²) in [6.07, 6.45) is -3.63. The molecule has 0 aromatic heterocycles. The maximum absolute atomic E-state index is 13.5. The van der Waals surface area contributed by atoms with E-state index in [0.29, 0.717) is 0 Å². The van der Waals surface area contributed by atoms with E-state index in [9.17, 15) is 35.1 Å². The summed E-state index contributed by atoms with van der Waals surface area (Å²) in [7, 11) is 0. The number of hydrogen-bond donors (Lipinski definition) is 0. The summed E-state index contributed by atoms with van der Waals surface area (Å²) in [6, 6.07) is 0.0595. The zero-order chi connectivity index (χ0) is 15.2. The number of alkyl halides is 3. The Balaban J connectivity index is 2.78. The average Bonchev–Trinajstić information content (AvgIpc) is 2.33. The second-order valence-corrected chi connectivity index (χ2v) is 3.98. The number of allylic oxidation sites excluding steroid dienone is 4. The molecule has 0 nitrogen and oxygen atoms in total. The van der Waals surface area contributed by atoms with Crippen molar-refractivity contribution in [3.05, 3.63) is 52.9 Å². The Morgan fingerprint density at radius 1 is 0.950 bits per heavy atom. The van der Waals surface area contributed by atoms with E-state index < -0.39 is 52.3 Å². The Hall–Kier alpha value is -1.86. The second-order valence-electron chi connectivity index (χ2n) is 3.98. The first-order chi connectivity index (χ1) is 9.16. The van der Waals surface area contributed by atoms with Crippen LogP contribution in [0.15, 0.2) is 29.9 Å². The highest BCUT2D eigenvalue weighted by Gasteiger charge is 2.50. The smallest absolute Gasteiger partial charge is 0.236 e. The van der Waals surface area contributed by atoms with Crippen LogP contribution >= 0.6 is 0 Å². The summed E-state index contributed by atoms with van der Waals surface area (Å²) < 4.78 is 106. The lowest BCUT2D eigenvalue weighted by Crippen LogP contribution is -2.34. The lowest BCUT2D eigenvalue weighted by atomic mass is 9.90. The molecule has 1 aliphatic carbocycles. The molecule has 1 aliphatic rings. The van der Waals surface area contributed by atoms with Crippen LogP contribution in [0.4, 0.5) is 35.1 Å². The van der Waals surface area contributed by atoms with Crippen molar-refractivity contribution in [2.45, 2.75) is 12.1 Å². The lowest BCUT2D eigenvalue weighted by Gasteiger charge is -2.26. The van der Waals surface area contributed by atoms with Gasteiger partial charge in [0.2, 0.25) is 0 Å². The van der Waals surface area contributed by atoms with Gasteiger partial charge in [0.1, 0.15) is 5.82 Å². The van der Waals surface area contributed by atoms with E-state index in [-0.39, 0.29) is 18.2 Å². The molecule has 0 saturated carbocycles. The highest BCUT2D eigenvalue weighted by Crippen LogP contribution is 2.46. The summed E-state index contributed by atoms with van der Waals surface area (Å²) >= 11 is 0. The minimum atomic E-state index is -4.67. The maximum atomic E-state index is 13.5. The molecular formula is C12H4F8. The molecule has 20 heavy (non-hydrogen) atoms. The van der Waals surface area contributed by atoms with Crippen molar-refractivity contribution in [1.82, 2.24) is 0 Å². The van der Waals surface area contributed by atoms with E-state index in [1.165, 1.54) is 0 Å². The molecule has 2 rings (SSSR count). The topological polar surface area (TPSA) is 0 Å². The molecule has 0 saturated heterocycles. The second kappa shape index (κ2) is 4.60. The largest absolute Gasteiger partial charge is 0.311 e. The first-order valence-corrected chi connectivity index (χ1v) is 5.11.